The Hall–Kier alpha value is -3.62. The van der Waals surface area contributed by atoms with Crippen LogP contribution >= 0.6 is 0 Å². The maximum absolute atomic E-state index is 12.4. The molecule has 0 unspecified atom stereocenters. The van der Waals surface area contributed by atoms with E-state index in [0.29, 0.717) is 31.9 Å². The Morgan fingerprint density at radius 1 is 1.00 bits per heavy atom. The van der Waals surface area contributed by atoms with Gasteiger partial charge in [0.25, 0.3) is 5.69 Å². The fraction of sp³-hybridized carbons (Fsp3) is 0.300. The van der Waals surface area contributed by atoms with Crippen molar-refractivity contribution in [3.05, 3.63) is 64.2 Å². The predicted octanol–water partition coefficient (Wildman–Crippen LogP) is 2.41. The summed E-state index contributed by atoms with van der Waals surface area (Å²) < 4.78 is 5.49. The zero-order chi connectivity index (χ0) is 20.8. The normalized spacial score (nSPS) is 13.8. The second-order valence-electron chi connectivity index (χ2n) is 6.57. The molecule has 2 aromatic rings. The van der Waals surface area contributed by atoms with Crippen molar-refractivity contribution in [3.63, 3.8) is 0 Å². The van der Waals surface area contributed by atoms with E-state index in [4.69, 9.17) is 9.84 Å². The molecule has 1 saturated heterocycles. The number of hydrogen-bond acceptors (Lipinski definition) is 6. The molecular weight excluding hydrogens is 378 g/mol. The molecule has 2 aromatic carbocycles. The van der Waals surface area contributed by atoms with E-state index < -0.39 is 10.9 Å². The highest BCUT2D eigenvalue weighted by atomic mass is 16.6. The summed E-state index contributed by atoms with van der Waals surface area (Å²) >= 11 is 0. The summed E-state index contributed by atoms with van der Waals surface area (Å²) in [6.07, 6.45) is 0.226. The van der Waals surface area contributed by atoms with Gasteiger partial charge in [0, 0.05) is 44.0 Å². The average molecular weight is 399 g/mol. The van der Waals surface area contributed by atoms with Gasteiger partial charge < -0.3 is 19.6 Å². The first-order chi connectivity index (χ1) is 13.9. The summed E-state index contributed by atoms with van der Waals surface area (Å²) in [5.41, 5.74) is 1.17. The minimum absolute atomic E-state index is 0.00668. The molecule has 152 valence electrons. The lowest BCUT2D eigenvalue weighted by Gasteiger charge is -2.36. The summed E-state index contributed by atoms with van der Waals surface area (Å²) in [6, 6.07) is 12.4. The first-order valence-corrected chi connectivity index (χ1v) is 9.17. The van der Waals surface area contributed by atoms with Crippen LogP contribution in [0, 0.1) is 10.1 Å². The van der Waals surface area contributed by atoms with Crippen molar-refractivity contribution < 1.29 is 24.4 Å². The van der Waals surface area contributed by atoms with E-state index in [9.17, 15) is 19.7 Å². The van der Waals surface area contributed by atoms with E-state index in [1.807, 2.05) is 0 Å². The number of carboxylic acids is 1. The number of carboxylic acid groups (broad SMARTS) is 1. The van der Waals surface area contributed by atoms with E-state index in [2.05, 4.69) is 4.90 Å². The van der Waals surface area contributed by atoms with Gasteiger partial charge >= 0.3 is 5.97 Å². The van der Waals surface area contributed by atoms with Crippen LogP contribution in [-0.2, 0) is 4.79 Å². The lowest BCUT2D eigenvalue weighted by Crippen LogP contribution is -2.49. The first kappa shape index (κ1) is 20.1. The number of nitrogens with zero attached hydrogens (tertiary/aromatic N) is 3. The Labute approximate surface area is 167 Å². The Morgan fingerprint density at radius 3 is 2.17 bits per heavy atom. The largest absolute Gasteiger partial charge is 0.493 e. The van der Waals surface area contributed by atoms with Gasteiger partial charge in [-0.25, -0.2) is 4.79 Å². The van der Waals surface area contributed by atoms with Gasteiger partial charge in [-0.2, -0.15) is 0 Å². The molecule has 1 aliphatic heterocycles. The molecular formula is C20H21N3O6. The van der Waals surface area contributed by atoms with E-state index in [1.54, 1.807) is 29.2 Å². The fourth-order valence-electron chi connectivity index (χ4n) is 3.11. The van der Waals surface area contributed by atoms with Gasteiger partial charge in [0.05, 0.1) is 23.5 Å². The Morgan fingerprint density at radius 2 is 1.62 bits per heavy atom. The molecule has 0 saturated carbocycles. The molecule has 0 spiro atoms. The highest BCUT2D eigenvalue weighted by molar-refractivity contribution is 5.88. The second kappa shape index (κ2) is 9.05. The van der Waals surface area contributed by atoms with Crippen molar-refractivity contribution in [1.29, 1.82) is 0 Å². The number of hydrogen-bond donors (Lipinski definition) is 1. The van der Waals surface area contributed by atoms with Crippen molar-refractivity contribution in [2.24, 2.45) is 0 Å². The molecule has 1 heterocycles. The van der Waals surface area contributed by atoms with Crippen LogP contribution in [0.4, 0.5) is 11.4 Å². The fourth-order valence-corrected chi connectivity index (χ4v) is 3.11. The summed E-state index contributed by atoms with van der Waals surface area (Å²) in [7, 11) is 0. The quantitative estimate of drug-likeness (QED) is 0.562. The molecule has 0 atom stereocenters. The first-order valence-electron chi connectivity index (χ1n) is 9.17. The van der Waals surface area contributed by atoms with E-state index >= 15 is 0 Å². The topological polar surface area (TPSA) is 113 Å². The van der Waals surface area contributed by atoms with E-state index in [-0.39, 0.29) is 30.2 Å². The van der Waals surface area contributed by atoms with Gasteiger partial charge in [-0.1, -0.05) is 0 Å². The van der Waals surface area contributed by atoms with Crippen LogP contribution in [0.2, 0.25) is 0 Å². The van der Waals surface area contributed by atoms with Crippen molar-refractivity contribution in [2.45, 2.75) is 6.42 Å². The summed E-state index contributed by atoms with van der Waals surface area (Å²) in [5, 5.41) is 19.6. The maximum atomic E-state index is 12.4. The molecule has 9 nitrogen and oxygen atoms in total. The molecule has 1 N–H and O–H groups in total. The smallest absolute Gasteiger partial charge is 0.335 e. The third kappa shape index (κ3) is 5.22. The highest BCUT2D eigenvalue weighted by Gasteiger charge is 2.21. The monoisotopic (exact) mass is 399 g/mol. The molecule has 0 aromatic heterocycles. The Balaban J connectivity index is 1.42. The molecule has 29 heavy (non-hydrogen) atoms. The molecule has 1 aliphatic rings. The van der Waals surface area contributed by atoms with Crippen LogP contribution in [0.25, 0.3) is 0 Å². The van der Waals surface area contributed by atoms with Crippen molar-refractivity contribution in [3.8, 4) is 5.75 Å². The third-order valence-corrected chi connectivity index (χ3v) is 4.74. The number of rotatable bonds is 7. The van der Waals surface area contributed by atoms with Crippen LogP contribution in [0.15, 0.2) is 48.5 Å². The lowest BCUT2D eigenvalue weighted by atomic mass is 10.2. The lowest BCUT2D eigenvalue weighted by molar-refractivity contribution is -0.384. The number of carbonyl (C=O) groups excluding carboxylic acids is 1. The van der Waals surface area contributed by atoms with Crippen LogP contribution in [0.5, 0.6) is 5.75 Å². The summed E-state index contributed by atoms with van der Waals surface area (Å²) in [6.45, 7) is 2.70. The third-order valence-electron chi connectivity index (χ3n) is 4.74. The van der Waals surface area contributed by atoms with Gasteiger partial charge in [-0.05, 0) is 36.4 Å². The number of ether oxygens (including phenoxy) is 1. The zero-order valence-corrected chi connectivity index (χ0v) is 15.7. The SMILES string of the molecule is O=C(O)c1ccc(N2CCN(C(=O)CCOc3ccc([N+](=O)[O-])cc3)CC2)cc1. The average Bonchev–Trinajstić information content (AvgIpc) is 2.74. The Bertz CT molecular complexity index is 874. The molecule has 0 bridgehead atoms. The van der Waals surface area contributed by atoms with Crippen LogP contribution in [-0.4, -0.2) is 59.6 Å². The van der Waals surface area contributed by atoms with Gasteiger partial charge in [0.15, 0.2) is 0 Å². The van der Waals surface area contributed by atoms with Crippen LogP contribution in [0.3, 0.4) is 0 Å². The number of amides is 1. The van der Waals surface area contributed by atoms with Crippen molar-refractivity contribution in [1.82, 2.24) is 4.90 Å². The van der Waals surface area contributed by atoms with E-state index in [1.165, 1.54) is 24.3 Å². The van der Waals surface area contributed by atoms with Gasteiger partial charge in [0.1, 0.15) is 5.75 Å². The number of piperazine rings is 1. The Kier molecular flexibility index (Phi) is 6.28. The molecule has 1 fully saturated rings. The van der Waals surface area contributed by atoms with Crippen molar-refractivity contribution >= 4 is 23.3 Å². The zero-order valence-electron chi connectivity index (χ0n) is 15.7. The molecule has 1 amide bonds. The van der Waals surface area contributed by atoms with Crippen LogP contribution < -0.4 is 9.64 Å². The van der Waals surface area contributed by atoms with E-state index in [0.717, 1.165) is 5.69 Å². The molecule has 9 heteroatoms. The van der Waals surface area contributed by atoms with Gasteiger partial charge in [0.2, 0.25) is 5.91 Å². The number of carbonyl (C=O) groups is 2. The number of benzene rings is 2. The molecule has 0 radical (unpaired) electrons. The standard InChI is InChI=1S/C20H21N3O6/c24-19(9-14-29-18-7-5-17(6-8-18)23(27)28)22-12-10-21(11-13-22)16-3-1-15(2-4-16)20(25)26/h1-8H,9-14H2,(H,25,26). The number of anilines is 1. The minimum Gasteiger partial charge on any atom is -0.493 e. The minimum atomic E-state index is -0.956. The predicted molar refractivity (Wildman–Crippen MR) is 105 cm³/mol. The highest BCUT2D eigenvalue weighted by Crippen LogP contribution is 2.19. The number of aromatic carboxylic acids is 1. The summed E-state index contributed by atoms with van der Waals surface area (Å²) in [4.78, 5) is 37.3. The molecule has 3 rings (SSSR count). The second-order valence-corrected chi connectivity index (χ2v) is 6.57. The summed E-state index contributed by atoms with van der Waals surface area (Å²) in [5.74, 6) is -0.478. The van der Waals surface area contributed by atoms with Crippen LogP contribution in [0.1, 0.15) is 16.8 Å². The number of non-ortho nitro benzene ring substituents is 1. The number of nitro groups is 1. The van der Waals surface area contributed by atoms with Gasteiger partial charge in [-0.3, -0.25) is 14.9 Å². The maximum Gasteiger partial charge on any atom is 0.335 e. The van der Waals surface area contributed by atoms with Crippen molar-refractivity contribution in [2.75, 3.05) is 37.7 Å². The number of nitro benzene ring substituents is 1. The van der Waals surface area contributed by atoms with Gasteiger partial charge in [-0.15, -0.1) is 0 Å². The molecule has 0 aliphatic carbocycles.